The maximum Gasteiger partial charge on any atom is 0.323 e. The molecule has 0 aliphatic heterocycles. The number of ether oxygens (including phenoxy) is 1. The van der Waals surface area contributed by atoms with Crippen molar-refractivity contribution in [2.75, 3.05) is 6.61 Å². The van der Waals surface area contributed by atoms with E-state index in [9.17, 15) is 14.7 Å². The number of carbonyl (C=O) groups is 2. The van der Waals surface area contributed by atoms with E-state index >= 15 is 0 Å². The molecule has 0 aliphatic rings. The number of aliphatic carboxylic acids is 1. The SMILES string of the molecule is C=C(C)CCC(C(=O)O)(C(=O)OCC)C(C)C. The standard InChI is InChI=1S/C13H22O4/c1-6-17-12(16)13(10(4)5,11(14)15)8-7-9(2)3/h10H,2,6-8H2,1,3-5H3,(H,14,15). The maximum absolute atomic E-state index is 11.9. The number of carboxylic acid groups (broad SMARTS) is 1. The number of rotatable bonds is 7. The third-order valence-corrected chi connectivity index (χ3v) is 2.95. The van der Waals surface area contributed by atoms with Crippen LogP contribution < -0.4 is 0 Å². The molecule has 0 aliphatic carbocycles. The second-order valence-corrected chi connectivity index (χ2v) is 4.61. The number of hydrogen-bond acceptors (Lipinski definition) is 3. The van der Waals surface area contributed by atoms with Crippen LogP contribution in [0.1, 0.15) is 40.5 Å². The van der Waals surface area contributed by atoms with Gasteiger partial charge in [-0.1, -0.05) is 19.4 Å². The summed E-state index contributed by atoms with van der Waals surface area (Å²) in [5.41, 5.74) is -0.602. The number of carbonyl (C=O) groups excluding carboxylic acids is 1. The highest BCUT2D eigenvalue weighted by Gasteiger charge is 2.49. The zero-order valence-electron chi connectivity index (χ0n) is 11.1. The van der Waals surface area contributed by atoms with Crippen molar-refractivity contribution in [3.8, 4) is 0 Å². The number of allylic oxidation sites excluding steroid dienone is 1. The van der Waals surface area contributed by atoms with Crippen molar-refractivity contribution in [2.24, 2.45) is 11.3 Å². The Morgan fingerprint density at radius 1 is 1.41 bits per heavy atom. The normalized spacial score (nSPS) is 14.2. The van der Waals surface area contributed by atoms with Gasteiger partial charge in [-0.05, 0) is 32.6 Å². The first-order valence-electron chi connectivity index (χ1n) is 5.84. The van der Waals surface area contributed by atoms with Crippen LogP contribution in [0.5, 0.6) is 0 Å². The molecule has 1 atom stereocenters. The molecule has 0 aromatic heterocycles. The van der Waals surface area contributed by atoms with Crippen LogP contribution >= 0.6 is 0 Å². The Hall–Kier alpha value is -1.32. The van der Waals surface area contributed by atoms with E-state index in [4.69, 9.17) is 4.74 Å². The van der Waals surface area contributed by atoms with Crippen LogP contribution in [-0.2, 0) is 14.3 Å². The summed E-state index contributed by atoms with van der Waals surface area (Å²) in [6.45, 7) is 10.9. The van der Waals surface area contributed by atoms with Crippen molar-refractivity contribution in [3.63, 3.8) is 0 Å². The van der Waals surface area contributed by atoms with Gasteiger partial charge in [0.15, 0.2) is 5.41 Å². The third-order valence-electron chi connectivity index (χ3n) is 2.95. The highest BCUT2D eigenvalue weighted by atomic mass is 16.5. The van der Waals surface area contributed by atoms with Gasteiger partial charge in [0.05, 0.1) is 6.61 Å². The molecule has 0 radical (unpaired) electrons. The fourth-order valence-electron chi connectivity index (χ4n) is 1.74. The molecule has 1 N–H and O–H groups in total. The molecule has 0 aromatic rings. The molecule has 17 heavy (non-hydrogen) atoms. The molecular formula is C13H22O4. The van der Waals surface area contributed by atoms with Gasteiger partial charge in [0, 0.05) is 0 Å². The minimum absolute atomic E-state index is 0.188. The molecule has 4 nitrogen and oxygen atoms in total. The molecule has 0 fully saturated rings. The summed E-state index contributed by atoms with van der Waals surface area (Å²) in [7, 11) is 0. The highest BCUT2D eigenvalue weighted by molar-refractivity contribution is 5.99. The first kappa shape index (κ1) is 15.7. The fourth-order valence-corrected chi connectivity index (χ4v) is 1.74. The maximum atomic E-state index is 11.9. The van der Waals surface area contributed by atoms with E-state index in [0.717, 1.165) is 5.57 Å². The average Bonchev–Trinajstić information content (AvgIpc) is 2.17. The Labute approximate surface area is 103 Å². The van der Waals surface area contributed by atoms with Gasteiger partial charge in [0.2, 0.25) is 0 Å². The quantitative estimate of drug-likeness (QED) is 0.423. The van der Waals surface area contributed by atoms with Crippen LogP contribution in [0.25, 0.3) is 0 Å². The predicted octanol–water partition coefficient (Wildman–Crippen LogP) is 2.63. The first-order valence-corrected chi connectivity index (χ1v) is 5.84. The van der Waals surface area contributed by atoms with Crippen LogP contribution in [0, 0.1) is 11.3 Å². The Morgan fingerprint density at radius 2 is 1.94 bits per heavy atom. The Balaban J connectivity index is 5.20. The predicted molar refractivity (Wildman–Crippen MR) is 65.6 cm³/mol. The lowest BCUT2D eigenvalue weighted by Crippen LogP contribution is -2.45. The number of carboxylic acids is 1. The minimum Gasteiger partial charge on any atom is -0.480 e. The second-order valence-electron chi connectivity index (χ2n) is 4.61. The van der Waals surface area contributed by atoms with Crippen molar-refractivity contribution in [1.82, 2.24) is 0 Å². The Morgan fingerprint density at radius 3 is 2.24 bits per heavy atom. The summed E-state index contributed by atoms with van der Waals surface area (Å²) < 4.78 is 4.91. The topological polar surface area (TPSA) is 63.6 Å². The monoisotopic (exact) mass is 242 g/mol. The van der Waals surface area contributed by atoms with Gasteiger partial charge in [-0.2, -0.15) is 0 Å². The van der Waals surface area contributed by atoms with Gasteiger partial charge in [-0.15, -0.1) is 6.58 Å². The van der Waals surface area contributed by atoms with Crippen LogP contribution in [0.2, 0.25) is 0 Å². The molecule has 0 bridgehead atoms. The fraction of sp³-hybridized carbons (Fsp3) is 0.692. The molecule has 0 saturated heterocycles. The third kappa shape index (κ3) is 3.58. The molecule has 0 saturated carbocycles. The van der Waals surface area contributed by atoms with E-state index in [0.29, 0.717) is 6.42 Å². The summed E-state index contributed by atoms with van der Waals surface area (Å²) >= 11 is 0. The lowest BCUT2D eigenvalue weighted by molar-refractivity contribution is -0.173. The van der Waals surface area contributed by atoms with Crippen LogP contribution in [0.3, 0.4) is 0 Å². The number of hydrogen-bond donors (Lipinski definition) is 1. The lowest BCUT2D eigenvalue weighted by Gasteiger charge is -2.30. The van der Waals surface area contributed by atoms with E-state index < -0.39 is 17.4 Å². The van der Waals surface area contributed by atoms with Gasteiger partial charge in [0.25, 0.3) is 0 Å². The van der Waals surface area contributed by atoms with Crippen molar-refractivity contribution in [2.45, 2.75) is 40.5 Å². The first-order chi connectivity index (χ1) is 7.78. The molecule has 1 unspecified atom stereocenters. The molecule has 0 heterocycles. The van der Waals surface area contributed by atoms with Gasteiger partial charge < -0.3 is 9.84 Å². The molecule has 0 amide bonds. The summed E-state index contributed by atoms with van der Waals surface area (Å²) in [5, 5.41) is 9.37. The summed E-state index contributed by atoms with van der Waals surface area (Å²) in [6.07, 6.45) is 0.734. The molecule has 0 aromatic carbocycles. The molecule has 0 spiro atoms. The van der Waals surface area contributed by atoms with Crippen molar-refractivity contribution < 1.29 is 19.4 Å². The summed E-state index contributed by atoms with van der Waals surface area (Å²) in [5.74, 6) is -2.09. The van der Waals surface area contributed by atoms with Gasteiger partial charge in [-0.3, -0.25) is 9.59 Å². The van der Waals surface area contributed by atoms with Crippen LogP contribution in [0.15, 0.2) is 12.2 Å². The average molecular weight is 242 g/mol. The zero-order chi connectivity index (χ0) is 13.6. The highest BCUT2D eigenvalue weighted by Crippen LogP contribution is 2.36. The van der Waals surface area contributed by atoms with Gasteiger partial charge >= 0.3 is 11.9 Å². The van der Waals surface area contributed by atoms with Gasteiger partial charge in [-0.25, -0.2) is 0 Å². The van der Waals surface area contributed by atoms with Gasteiger partial charge in [0.1, 0.15) is 0 Å². The second kappa shape index (κ2) is 6.42. The van der Waals surface area contributed by atoms with Crippen molar-refractivity contribution >= 4 is 11.9 Å². The van der Waals surface area contributed by atoms with Crippen LogP contribution in [0.4, 0.5) is 0 Å². The van der Waals surface area contributed by atoms with E-state index in [1.807, 2.05) is 6.92 Å². The van der Waals surface area contributed by atoms with E-state index in [-0.39, 0.29) is 18.9 Å². The molecular weight excluding hydrogens is 220 g/mol. The Kier molecular flexibility index (Phi) is 5.93. The molecule has 4 heteroatoms. The Bertz CT molecular complexity index is 307. The lowest BCUT2D eigenvalue weighted by atomic mass is 9.73. The van der Waals surface area contributed by atoms with E-state index in [1.165, 1.54) is 0 Å². The van der Waals surface area contributed by atoms with Crippen molar-refractivity contribution in [3.05, 3.63) is 12.2 Å². The van der Waals surface area contributed by atoms with E-state index in [1.54, 1.807) is 20.8 Å². The smallest absolute Gasteiger partial charge is 0.323 e. The molecule has 98 valence electrons. The summed E-state index contributed by atoms with van der Waals surface area (Å²) in [4.78, 5) is 23.4. The molecule has 0 rings (SSSR count). The summed E-state index contributed by atoms with van der Waals surface area (Å²) in [6, 6.07) is 0. The van der Waals surface area contributed by atoms with Crippen molar-refractivity contribution in [1.29, 1.82) is 0 Å². The largest absolute Gasteiger partial charge is 0.480 e. The van der Waals surface area contributed by atoms with Crippen LogP contribution in [-0.4, -0.2) is 23.7 Å². The number of esters is 1. The minimum atomic E-state index is -1.46. The zero-order valence-corrected chi connectivity index (χ0v) is 11.1. The van der Waals surface area contributed by atoms with E-state index in [2.05, 4.69) is 6.58 Å².